The van der Waals surface area contributed by atoms with Gasteiger partial charge < -0.3 is 9.88 Å². The molecule has 134 valence electrons. The SMILES string of the molecule is CCCCN(Cc1nc2ccccc2c(=O)[nH]1)C(=O)c1cccc(F)c1. The Bertz CT molecular complexity index is 984. The van der Waals surface area contributed by atoms with Gasteiger partial charge in [0, 0.05) is 12.1 Å². The number of H-pyrrole nitrogens is 1. The topological polar surface area (TPSA) is 66.1 Å². The molecular formula is C20H20FN3O2. The first kappa shape index (κ1) is 17.8. The van der Waals surface area contributed by atoms with E-state index < -0.39 is 5.82 Å². The molecule has 1 amide bonds. The highest BCUT2D eigenvalue weighted by molar-refractivity contribution is 5.94. The maximum atomic E-state index is 13.5. The van der Waals surface area contributed by atoms with E-state index in [9.17, 15) is 14.0 Å². The third kappa shape index (κ3) is 3.96. The summed E-state index contributed by atoms with van der Waals surface area (Å²) >= 11 is 0. The van der Waals surface area contributed by atoms with Crippen LogP contribution in [0.2, 0.25) is 0 Å². The normalized spacial score (nSPS) is 10.8. The average molecular weight is 353 g/mol. The number of amides is 1. The molecule has 0 radical (unpaired) electrons. The fourth-order valence-corrected chi connectivity index (χ4v) is 2.80. The van der Waals surface area contributed by atoms with Crippen LogP contribution in [0.4, 0.5) is 4.39 Å². The summed E-state index contributed by atoms with van der Waals surface area (Å²) in [5.41, 5.74) is 0.628. The molecule has 1 aromatic heterocycles. The molecule has 0 spiro atoms. The third-order valence-corrected chi connectivity index (χ3v) is 4.14. The predicted octanol–water partition coefficient (Wildman–Crippen LogP) is 3.50. The van der Waals surface area contributed by atoms with Crippen molar-refractivity contribution in [1.29, 1.82) is 0 Å². The molecule has 0 saturated carbocycles. The molecule has 3 rings (SSSR count). The Morgan fingerprint density at radius 3 is 2.77 bits per heavy atom. The largest absolute Gasteiger partial charge is 0.331 e. The molecule has 0 fully saturated rings. The van der Waals surface area contributed by atoms with Gasteiger partial charge in [-0.3, -0.25) is 9.59 Å². The summed E-state index contributed by atoms with van der Waals surface area (Å²) in [6.07, 6.45) is 1.72. The minimum atomic E-state index is -0.455. The van der Waals surface area contributed by atoms with Gasteiger partial charge in [0.15, 0.2) is 0 Å². The van der Waals surface area contributed by atoms with E-state index in [1.54, 1.807) is 29.2 Å². The summed E-state index contributed by atoms with van der Waals surface area (Å²) < 4.78 is 13.5. The van der Waals surface area contributed by atoms with Crippen LogP contribution in [-0.2, 0) is 6.54 Å². The van der Waals surface area contributed by atoms with Crippen molar-refractivity contribution in [1.82, 2.24) is 14.9 Å². The number of carbonyl (C=O) groups is 1. The smallest absolute Gasteiger partial charge is 0.258 e. The van der Waals surface area contributed by atoms with E-state index in [1.807, 2.05) is 13.0 Å². The molecule has 5 nitrogen and oxygen atoms in total. The van der Waals surface area contributed by atoms with E-state index in [0.29, 0.717) is 23.3 Å². The summed E-state index contributed by atoms with van der Waals surface area (Å²) in [5, 5.41) is 0.507. The van der Waals surface area contributed by atoms with Crippen molar-refractivity contribution in [2.45, 2.75) is 26.3 Å². The van der Waals surface area contributed by atoms with Crippen LogP contribution in [0.25, 0.3) is 10.9 Å². The van der Waals surface area contributed by atoms with Crippen LogP contribution in [0.3, 0.4) is 0 Å². The van der Waals surface area contributed by atoms with Crippen molar-refractivity contribution in [3.05, 3.63) is 76.1 Å². The maximum absolute atomic E-state index is 13.5. The Morgan fingerprint density at radius 1 is 1.19 bits per heavy atom. The number of para-hydroxylation sites is 1. The summed E-state index contributed by atoms with van der Waals surface area (Å²) in [7, 11) is 0. The van der Waals surface area contributed by atoms with Crippen molar-refractivity contribution >= 4 is 16.8 Å². The second-order valence-corrected chi connectivity index (χ2v) is 6.12. The first-order valence-electron chi connectivity index (χ1n) is 8.61. The van der Waals surface area contributed by atoms with Crippen molar-refractivity contribution in [3.8, 4) is 0 Å². The Morgan fingerprint density at radius 2 is 2.00 bits per heavy atom. The van der Waals surface area contributed by atoms with Crippen molar-refractivity contribution in [2.24, 2.45) is 0 Å². The van der Waals surface area contributed by atoms with Gasteiger partial charge in [-0.2, -0.15) is 0 Å². The van der Waals surface area contributed by atoms with Crippen molar-refractivity contribution in [2.75, 3.05) is 6.54 Å². The molecule has 3 aromatic rings. The van der Waals surface area contributed by atoms with Crippen molar-refractivity contribution in [3.63, 3.8) is 0 Å². The lowest BCUT2D eigenvalue weighted by Gasteiger charge is -2.22. The van der Waals surface area contributed by atoms with Gasteiger partial charge in [-0.15, -0.1) is 0 Å². The highest BCUT2D eigenvalue weighted by Crippen LogP contribution is 2.12. The number of aromatic nitrogens is 2. The number of fused-ring (bicyclic) bond motifs is 1. The van der Waals surface area contributed by atoms with E-state index >= 15 is 0 Å². The minimum absolute atomic E-state index is 0.162. The quantitative estimate of drug-likeness (QED) is 0.737. The van der Waals surface area contributed by atoms with Gasteiger partial charge in [0.05, 0.1) is 17.4 Å². The van der Waals surface area contributed by atoms with E-state index in [1.165, 1.54) is 18.2 Å². The summed E-state index contributed by atoms with van der Waals surface area (Å²) in [6, 6.07) is 12.7. The second-order valence-electron chi connectivity index (χ2n) is 6.12. The lowest BCUT2D eigenvalue weighted by molar-refractivity contribution is 0.0736. The zero-order valence-corrected chi connectivity index (χ0v) is 14.5. The number of nitrogens with one attached hydrogen (secondary N) is 1. The van der Waals surface area contributed by atoms with Crippen LogP contribution in [0, 0.1) is 5.82 Å². The van der Waals surface area contributed by atoms with Crippen LogP contribution < -0.4 is 5.56 Å². The molecule has 2 aromatic carbocycles. The van der Waals surface area contributed by atoms with Gasteiger partial charge in [-0.05, 0) is 36.8 Å². The minimum Gasteiger partial charge on any atom is -0.331 e. The molecule has 0 aliphatic rings. The molecule has 0 aliphatic carbocycles. The Labute approximate surface area is 150 Å². The van der Waals surface area contributed by atoms with Gasteiger partial charge in [0.25, 0.3) is 11.5 Å². The van der Waals surface area contributed by atoms with Crippen LogP contribution in [0.1, 0.15) is 35.9 Å². The monoisotopic (exact) mass is 353 g/mol. The van der Waals surface area contributed by atoms with Gasteiger partial charge in [-0.25, -0.2) is 9.37 Å². The molecular weight excluding hydrogens is 333 g/mol. The number of carbonyl (C=O) groups excluding carboxylic acids is 1. The second kappa shape index (κ2) is 7.91. The van der Waals surface area contributed by atoms with Gasteiger partial charge in [0.2, 0.25) is 0 Å². The molecule has 0 unspecified atom stereocenters. The molecule has 0 saturated heterocycles. The number of nitrogens with zero attached hydrogens (tertiary/aromatic N) is 2. The zero-order valence-electron chi connectivity index (χ0n) is 14.5. The number of unbranched alkanes of at least 4 members (excludes halogenated alkanes) is 1. The number of hydrogen-bond donors (Lipinski definition) is 1. The molecule has 0 bridgehead atoms. The van der Waals surface area contributed by atoms with E-state index in [0.717, 1.165) is 12.8 Å². The standard InChI is InChI=1S/C20H20FN3O2/c1-2-3-11-24(20(26)14-7-6-8-15(21)12-14)13-18-22-17-10-5-4-9-16(17)19(25)23-18/h4-10,12H,2-3,11,13H2,1H3,(H,22,23,25). The van der Waals surface area contributed by atoms with E-state index in [2.05, 4.69) is 9.97 Å². The Balaban J connectivity index is 1.91. The first-order valence-corrected chi connectivity index (χ1v) is 8.61. The van der Waals surface area contributed by atoms with Crippen LogP contribution in [0.15, 0.2) is 53.3 Å². The lowest BCUT2D eigenvalue weighted by Crippen LogP contribution is -2.33. The average Bonchev–Trinajstić information content (AvgIpc) is 2.64. The van der Waals surface area contributed by atoms with Crippen molar-refractivity contribution < 1.29 is 9.18 Å². The third-order valence-electron chi connectivity index (χ3n) is 4.14. The molecule has 0 aliphatic heterocycles. The summed E-state index contributed by atoms with van der Waals surface area (Å²) in [6.45, 7) is 2.69. The summed E-state index contributed by atoms with van der Waals surface area (Å²) in [4.78, 5) is 33.8. The fraction of sp³-hybridized carbons (Fsp3) is 0.250. The molecule has 1 N–H and O–H groups in total. The number of benzene rings is 2. The van der Waals surface area contributed by atoms with Crippen LogP contribution >= 0.6 is 0 Å². The number of hydrogen-bond acceptors (Lipinski definition) is 3. The van der Waals surface area contributed by atoms with Gasteiger partial charge >= 0.3 is 0 Å². The molecule has 26 heavy (non-hydrogen) atoms. The summed E-state index contributed by atoms with van der Waals surface area (Å²) in [5.74, 6) is -0.327. The fourth-order valence-electron chi connectivity index (χ4n) is 2.80. The first-order chi connectivity index (χ1) is 12.6. The van der Waals surface area contributed by atoms with Gasteiger partial charge in [-0.1, -0.05) is 31.5 Å². The van der Waals surface area contributed by atoms with Crippen LogP contribution in [-0.4, -0.2) is 27.3 Å². The Kier molecular flexibility index (Phi) is 5.41. The number of rotatable bonds is 6. The number of aromatic amines is 1. The predicted molar refractivity (Wildman–Crippen MR) is 98.4 cm³/mol. The maximum Gasteiger partial charge on any atom is 0.258 e. The van der Waals surface area contributed by atoms with E-state index in [-0.39, 0.29) is 23.6 Å². The highest BCUT2D eigenvalue weighted by atomic mass is 19.1. The molecule has 0 atom stereocenters. The molecule has 6 heteroatoms. The van der Waals surface area contributed by atoms with Crippen LogP contribution in [0.5, 0.6) is 0 Å². The molecule has 1 heterocycles. The highest BCUT2D eigenvalue weighted by Gasteiger charge is 2.18. The van der Waals surface area contributed by atoms with E-state index in [4.69, 9.17) is 0 Å². The Hall–Kier alpha value is -3.02. The lowest BCUT2D eigenvalue weighted by atomic mass is 10.1. The zero-order chi connectivity index (χ0) is 18.5. The number of halogens is 1. The van der Waals surface area contributed by atoms with Gasteiger partial charge in [0.1, 0.15) is 11.6 Å².